The lowest BCUT2D eigenvalue weighted by Gasteiger charge is -2.56. The van der Waals surface area contributed by atoms with Crippen molar-refractivity contribution < 1.29 is 9.84 Å². The fourth-order valence-electron chi connectivity index (χ4n) is 5.31. The Labute approximate surface area is 215 Å². The second-order valence-corrected chi connectivity index (χ2v) is 10.5. The Morgan fingerprint density at radius 1 is 1.16 bits per heavy atom. The molecule has 1 N–H and O–H groups in total. The van der Waals surface area contributed by atoms with Crippen molar-refractivity contribution in [2.75, 3.05) is 24.6 Å². The van der Waals surface area contributed by atoms with Crippen molar-refractivity contribution in [1.29, 1.82) is 5.26 Å². The number of rotatable bonds is 7. The first-order valence-electron chi connectivity index (χ1n) is 12.5. The third-order valence-electron chi connectivity index (χ3n) is 7.11. The van der Waals surface area contributed by atoms with Crippen LogP contribution < -0.4 is 9.64 Å². The highest BCUT2D eigenvalue weighted by Gasteiger charge is 2.44. The van der Waals surface area contributed by atoms with Crippen molar-refractivity contribution in [1.82, 2.24) is 24.5 Å². The maximum Gasteiger partial charge on any atom is 0.138 e. The van der Waals surface area contributed by atoms with Crippen LogP contribution in [-0.4, -0.2) is 67.0 Å². The average molecular weight is 496 g/mol. The minimum Gasteiger partial charge on any atom is -0.489 e. The van der Waals surface area contributed by atoms with Crippen LogP contribution in [0, 0.1) is 11.3 Å². The number of hydrogen-bond acceptors (Lipinski definition) is 8. The lowest BCUT2D eigenvalue weighted by Crippen LogP contribution is -2.68. The molecule has 3 aliphatic heterocycles. The van der Waals surface area contributed by atoms with E-state index >= 15 is 0 Å². The molecule has 0 saturated carbocycles. The first kappa shape index (κ1) is 23.4. The molecule has 7 heterocycles. The van der Waals surface area contributed by atoms with E-state index in [0.29, 0.717) is 28.9 Å². The summed E-state index contributed by atoms with van der Waals surface area (Å²) in [6.45, 7) is 6.37. The van der Waals surface area contributed by atoms with Crippen molar-refractivity contribution in [3.8, 4) is 22.9 Å². The minimum atomic E-state index is -0.969. The van der Waals surface area contributed by atoms with E-state index in [0.717, 1.165) is 36.6 Å². The second kappa shape index (κ2) is 9.14. The van der Waals surface area contributed by atoms with Gasteiger partial charge >= 0.3 is 0 Å². The normalized spacial score (nSPS) is 19.5. The van der Waals surface area contributed by atoms with Crippen LogP contribution in [-0.2, 0) is 6.54 Å². The summed E-state index contributed by atoms with van der Waals surface area (Å²) in [5.41, 5.74) is 3.16. The minimum absolute atomic E-state index is 0.136. The lowest BCUT2D eigenvalue weighted by molar-refractivity contribution is -0.00875. The van der Waals surface area contributed by atoms with Crippen molar-refractivity contribution in [3.63, 3.8) is 0 Å². The number of ether oxygens (including phenoxy) is 1. The molecule has 0 spiro atoms. The quantitative estimate of drug-likeness (QED) is 0.417. The summed E-state index contributed by atoms with van der Waals surface area (Å²) >= 11 is 0. The summed E-state index contributed by atoms with van der Waals surface area (Å²) in [5, 5.41) is 24.0. The largest absolute Gasteiger partial charge is 0.489 e. The van der Waals surface area contributed by atoms with E-state index < -0.39 is 5.60 Å². The summed E-state index contributed by atoms with van der Waals surface area (Å²) < 4.78 is 7.49. The summed E-state index contributed by atoms with van der Waals surface area (Å²) in [6, 6.07) is 13.4. The summed E-state index contributed by atoms with van der Waals surface area (Å²) in [5.74, 6) is 1.52. The second-order valence-electron chi connectivity index (χ2n) is 10.5. The van der Waals surface area contributed by atoms with Gasteiger partial charge in [0.25, 0.3) is 0 Å². The van der Waals surface area contributed by atoms with Gasteiger partial charge in [-0.2, -0.15) is 10.4 Å². The molecular formula is C28H29N7O2. The number of anilines is 1. The molecule has 4 aromatic heterocycles. The molecule has 0 radical (unpaired) electrons. The van der Waals surface area contributed by atoms with Crippen molar-refractivity contribution in [2.45, 2.75) is 44.5 Å². The number of aromatic nitrogens is 4. The van der Waals surface area contributed by atoms with E-state index in [-0.39, 0.29) is 6.61 Å². The Hall–Kier alpha value is -4.00. The van der Waals surface area contributed by atoms with Crippen LogP contribution in [0.1, 0.15) is 31.4 Å². The maximum atomic E-state index is 10.1. The molecule has 3 aliphatic rings. The lowest BCUT2D eigenvalue weighted by atomic mass is 9.87. The van der Waals surface area contributed by atoms with Gasteiger partial charge in [-0.25, -0.2) is 9.50 Å². The van der Waals surface area contributed by atoms with E-state index in [1.54, 1.807) is 30.8 Å². The smallest absolute Gasteiger partial charge is 0.138 e. The molecule has 9 nitrogen and oxygen atoms in total. The van der Waals surface area contributed by atoms with Crippen LogP contribution in [0.4, 0.5) is 5.82 Å². The van der Waals surface area contributed by atoms with Gasteiger partial charge in [0, 0.05) is 61.4 Å². The molecule has 0 aromatic carbocycles. The first-order valence-corrected chi connectivity index (χ1v) is 12.5. The van der Waals surface area contributed by atoms with Crippen molar-refractivity contribution in [2.24, 2.45) is 0 Å². The molecule has 37 heavy (non-hydrogen) atoms. The van der Waals surface area contributed by atoms with E-state index in [1.165, 1.54) is 12.0 Å². The third-order valence-corrected chi connectivity index (χ3v) is 7.11. The highest BCUT2D eigenvalue weighted by molar-refractivity contribution is 5.85. The van der Waals surface area contributed by atoms with E-state index in [1.807, 2.05) is 36.8 Å². The highest BCUT2D eigenvalue weighted by atomic mass is 16.5. The number of piperazine rings is 1. The molecule has 0 aliphatic carbocycles. The zero-order valence-electron chi connectivity index (χ0n) is 20.9. The van der Waals surface area contributed by atoms with Gasteiger partial charge < -0.3 is 14.7 Å². The number of fused-ring (bicyclic) bond motifs is 3. The topological polar surface area (TPSA) is 103 Å². The molecule has 2 atom stereocenters. The average Bonchev–Trinajstić information content (AvgIpc) is 3.33. The fraction of sp³-hybridized carbons (Fsp3) is 0.357. The van der Waals surface area contributed by atoms with Gasteiger partial charge in [-0.15, -0.1) is 0 Å². The van der Waals surface area contributed by atoms with Gasteiger partial charge in [0.2, 0.25) is 0 Å². The molecule has 4 aromatic rings. The number of piperidine rings is 1. The van der Waals surface area contributed by atoms with Gasteiger partial charge in [-0.3, -0.25) is 9.88 Å². The van der Waals surface area contributed by atoms with Crippen LogP contribution in [0.5, 0.6) is 5.75 Å². The number of pyridine rings is 3. The summed E-state index contributed by atoms with van der Waals surface area (Å²) in [7, 11) is 0. The summed E-state index contributed by atoms with van der Waals surface area (Å²) in [4.78, 5) is 14.0. The van der Waals surface area contributed by atoms with Gasteiger partial charge in [-0.05, 0) is 50.1 Å². The monoisotopic (exact) mass is 495 g/mol. The Kier molecular flexibility index (Phi) is 5.78. The standard InChI is InChI=1S/C28H29N7O2/c1-28(2,36)18-37-24-9-25(27-21(10-29)13-32-35(27)17-24)20-5-6-26(31-12-20)33-15-22-8-23(16-33)34(22)14-19-4-3-7-30-11-19/h3-7,9,11-13,17,22-23,36H,8,14-16,18H2,1-2H3. The SMILES string of the molecule is CC(C)(O)COc1cc(-c2ccc(N3CC4CC(C3)N4Cc3cccnc3)nc2)c2c(C#N)cnn2c1. The molecular weight excluding hydrogens is 466 g/mol. The molecule has 2 bridgehead atoms. The molecule has 0 amide bonds. The molecule has 2 unspecified atom stereocenters. The predicted molar refractivity (Wildman–Crippen MR) is 139 cm³/mol. The number of nitriles is 1. The summed E-state index contributed by atoms with van der Waals surface area (Å²) in [6.07, 6.45) is 10.1. The molecule has 7 rings (SSSR count). The van der Waals surface area contributed by atoms with E-state index in [2.05, 4.69) is 38.1 Å². The number of hydrogen-bond donors (Lipinski definition) is 1. The molecule has 3 fully saturated rings. The van der Waals surface area contributed by atoms with E-state index in [9.17, 15) is 10.4 Å². The zero-order chi connectivity index (χ0) is 25.6. The van der Waals surface area contributed by atoms with Gasteiger partial charge in [0.15, 0.2) is 0 Å². The Bertz CT molecular complexity index is 1440. The Morgan fingerprint density at radius 2 is 2.00 bits per heavy atom. The number of nitrogens with zero attached hydrogens (tertiary/aromatic N) is 7. The Morgan fingerprint density at radius 3 is 2.68 bits per heavy atom. The van der Waals surface area contributed by atoms with Gasteiger partial charge in [-0.1, -0.05) is 6.07 Å². The molecule has 188 valence electrons. The molecule has 3 saturated heterocycles. The fourth-order valence-corrected chi connectivity index (χ4v) is 5.31. The van der Waals surface area contributed by atoms with Gasteiger partial charge in [0.1, 0.15) is 24.2 Å². The predicted octanol–water partition coefficient (Wildman–Crippen LogP) is 3.28. The first-order chi connectivity index (χ1) is 17.9. The van der Waals surface area contributed by atoms with Crippen LogP contribution in [0.2, 0.25) is 0 Å². The number of aliphatic hydroxyl groups is 1. The maximum absolute atomic E-state index is 10.1. The van der Waals surface area contributed by atoms with Crippen LogP contribution in [0.3, 0.4) is 0 Å². The van der Waals surface area contributed by atoms with E-state index in [4.69, 9.17) is 9.72 Å². The zero-order valence-corrected chi connectivity index (χ0v) is 20.9. The van der Waals surface area contributed by atoms with Crippen LogP contribution >= 0.6 is 0 Å². The van der Waals surface area contributed by atoms with Crippen molar-refractivity contribution >= 4 is 11.3 Å². The van der Waals surface area contributed by atoms with Crippen molar-refractivity contribution in [3.05, 3.63) is 72.4 Å². The van der Waals surface area contributed by atoms with Crippen LogP contribution in [0.25, 0.3) is 16.6 Å². The van der Waals surface area contributed by atoms with Gasteiger partial charge in [0.05, 0.1) is 29.1 Å². The Balaban J connectivity index is 1.22. The van der Waals surface area contributed by atoms with Crippen LogP contribution in [0.15, 0.2) is 61.3 Å². The molecule has 9 heteroatoms. The third kappa shape index (κ3) is 4.61. The highest BCUT2D eigenvalue weighted by Crippen LogP contribution is 2.36.